The Labute approximate surface area is 264 Å². The summed E-state index contributed by atoms with van der Waals surface area (Å²) in [6.07, 6.45) is 3.03. The van der Waals surface area contributed by atoms with Crippen molar-refractivity contribution in [1.82, 2.24) is 21.0 Å². The highest BCUT2D eigenvalue weighted by molar-refractivity contribution is 6.35. The number of halogens is 3. The van der Waals surface area contributed by atoms with Crippen molar-refractivity contribution in [3.8, 4) is 18.2 Å². The van der Waals surface area contributed by atoms with E-state index in [-0.39, 0.29) is 45.6 Å². The lowest BCUT2D eigenvalue weighted by Gasteiger charge is -2.24. The predicted octanol–water partition coefficient (Wildman–Crippen LogP) is 5.99. The summed E-state index contributed by atoms with van der Waals surface area (Å²) in [7, 11) is 0. The highest BCUT2D eigenvalue weighted by Gasteiger charge is 2.38. The highest BCUT2D eigenvalue weighted by atomic mass is 35.5. The van der Waals surface area contributed by atoms with Crippen molar-refractivity contribution in [3.63, 3.8) is 0 Å². The van der Waals surface area contributed by atoms with Crippen molar-refractivity contribution in [2.24, 2.45) is 0 Å². The number of aliphatic hydroxyl groups excluding tert-OH is 1. The van der Waals surface area contributed by atoms with Crippen LogP contribution in [0.15, 0.2) is 84.8 Å². The molecule has 1 aliphatic heterocycles. The van der Waals surface area contributed by atoms with Gasteiger partial charge in [0.1, 0.15) is 12.7 Å². The highest BCUT2D eigenvalue weighted by Crippen LogP contribution is 2.38. The predicted molar refractivity (Wildman–Crippen MR) is 165 cm³/mol. The molecule has 0 unspecified atom stereocenters. The molecule has 3 aromatic carbocycles. The molecule has 5 N–H and O–H groups in total. The third kappa shape index (κ3) is 6.72. The molecule has 1 aliphatic rings. The van der Waals surface area contributed by atoms with Crippen LogP contribution in [0.2, 0.25) is 5.02 Å². The van der Waals surface area contributed by atoms with Crippen molar-refractivity contribution >= 4 is 33.9 Å². The van der Waals surface area contributed by atoms with Gasteiger partial charge >= 0.3 is 6.05 Å². The Hall–Kier alpha value is -5.45. The Bertz CT molecular complexity index is 1920. The van der Waals surface area contributed by atoms with Gasteiger partial charge in [-0.05, 0) is 41.8 Å². The van der Waals surface area contributed by atoms with E-state index >= 15 is 0 Å². The van der Waals surface area contributed by atoms with Crippen molar-refractivity contribution < 1.29 is 15.3 Å². The number of hydrazine groups is 2. The lowest BCUT2D eigenvalue weighted by Crippen LogP contribution is -2.49. The van der Waals surface area contributed by atoms with Crippen molar-refractivity contribution in [3.05, 3.63) is 112 Å². The number of hydrogen-bond donors (Lipinski definition) is 5. The maximum absolute atomic E-state index is 14.3. The average molecular weight is 627 g/mol. The van der Waals surface area contributed by atoms with Crippen LogP contribution >= 0.6 is 11.6 Å². The Kier molecular flexibility index (Phi) is 8.86. The summed E-state index contributed by atoms with van der Waals surface area (Å²) < 4.78 is 38.2. The number of hydrogen-bond acceptors (Lipinski definition) is 10. The molecule has 0 saturated carbocycles. The van der Waals surface area contributed by atoms with Gasteiger partial charge in [-0.15, -0.1) is 5.53 Å². The first-order valence-electron chi connectivity index (χ1n) is 14.1. The molecule has 0 aliphatic carbocycles. The molecule has 0 spiro atoms. The van der Waals surface area contributed by atoms with Gasteiger partial charge in [0.25, 0.3) is 0 Å². The Morgan fingerprint density at radius 1 is 1.04 bits per heavy atom. The Morgan fingerprint density at radius 3 is 2.53 bits per heavy atom. The Balaban J connectivity index is 1.64. The topological polar surface area (TPSA) is 156 Å². The van der Waals surface area contributed by atoms with E-state index in [2.05, 4.69) is 38.7 Å². The van der Waals surface area contributed by atoms with E-state index in [1.807, 2.05) is 36.4 Å². The number of nitrogens with zero attached hydrogens (tertiary/aromatic N) is 5. The molecular weight excluding hydrogens is 600 g/mol. The van der Waals surface area contributed by atoms with Gasteiger partial charge in [-0.2, -0.15) is 24.6 Å². The van der Waals surface area contributed by atoms with Gasteiger partial charge in [0, 0.05) is 29.9 Å². The normalized spacial score (nSPS) is 15.0. The van der Waals surface area contributed by atoms with E-state index in [0.29, 0.717) is 28.0 Å². The van der Waals surface area contributed by atoms with Gasteiger partial charge in [0.15, 0.2) is 0 Å². The third-order valence-corrected chi connectivity index (χ3v) is 7.33. The average Bonchev–Trinajstić information content (AvgIpc) is 3.59. The van der Waals surface area contributed by atoms with E-state index in [1.165, 1.54) is 18.3 Å². The fourth-order valence-electron chi connectivity index (χ4n) is 4.84. The first-order valence-corrected chi connectivity index (χ1v) is 14.0. The van der Waals surface area contributed by atoms with Crippen molar-refractivity contribution in [2.75, 3.05) is 17.2 Å². The van der Waals surface area contributed by atoms with E-state index < -0.39 is 18.7 Å². The standard InChI is InChI=1S/C32H26ClF2N9O/c33-26-14-24(40-30(22-9-4-6-20(12-22)15-37)28-18-44(43-42-28)32(34,35)19-45)13-25-29(23(16-38)17-39-31(25)26)41-27(10-5-11-36)21-7-2-1-3-8-21/h1-4,6-9,12-14,17-18,27,30,40,42-43,45H,5,10,19H2,(H,39,41)/t27-,30-/m1/s1/i30D. The summed E-state index contributed by atoms with van der Waals surface area (Å²) in [5, 5.41) is 45.5. The van der Waals surface area contributed by atoms with Crippen molar-refractivity contribution in [1.29, 1.82) is 15.8 Å². The van der Waals surface area contributed by atoms with Crippen LogP contribution in [0.3, 0.4) is 0 Å². The second-order valence-electron chi connectivity index (χ2n) is 9.98. The van der Waals surface area contributed by atoms with E-state index in [0.717, 1.165) is 11.8 Å². The number of rotatable bonds is 11. The third-order valence-electron chi connectivity index (χ3n) is 7.04. The maximum atomic E-state index is 14.3. The molecule has 2 heterocycles. The van der Waals surface area contributed by atoms with Crippen LogP contribution in [0.5, 0.6) is 0 Å². The second-order valence-corrected chi connectivity index (χ2v) is 10.4. The summed E-state index contributed by atoms with van der Waals surface area (Å²) in [5.41, 5.74) is 7.33. The smallest absolute Gasteiger partial charge is 0.362 e. The summed E-state index contributed by atoms with van der Waals surface area (Å²) in [4.78, 5) is 4.39. The number of fused-ring (bicyclic) bond motifs is 1. The molecule has 4 aromatic rings. The molecule has 0 fully saturated rings. The molecule has 0 saturated heterocycles. The number of nitrogens with one attached hydrogen (secondary N) is 4. The van der Waals surface area contributed by atoms with Gasteiger partial charge < -0.3 is 21.2 Å². The van der Waals surface area contributed by atoms with Crippen LogP contribution in [-0.4, -0.2) is 27.8 Å². The minimum absolute atomic E-state index is 0.0881. The summed E-state index contributed by atoms with van der Waals surface area (Å²) in [6.45, 7) is -1.49. The molecule has 226 valence electrons. The maximum Gasteiger partial charge on any atom is 0.362 e. The van der Waals surface area contributed by atoms with Crippen molar-refractivity contribution in [2.45, 2.75) is 30.9 Å². The quantitative estimate of drug-likeness (QED) is 0.125. The zero-order valence-electron chi connectivity index (χ0n) is 24.5. The van der Waals surface area contributed by atoms with Crippen LogP contribution in [0.4, 0.5) is 20.2 Å². The first kappa shape index (κ1) is 29.6. The lowest BCUT2D eigenvalue weighted by molar-refractivity contribution is -0.171. The number of nitriles is 3. The molecule has 0 radical (unpaired) electrons. The van der Waals surface area contributed by atoms with Crippen LogP contribution in [0.25, 0.3) is 10.9 Å². The molecule has 1 aromatic heterocycles. The number of pyridine rings is 1. The summed E-state index contributed by atoms with van der Waals surface area (Å²) in [5.74, 6) is 0. The first-order chi connectivity index (χ1) is 22.1. The van der Waals surface area contributed by atoms with Gasteiger partial charge in [-0.1, -0.05) is 54.1 Å². The molecule has 45 heavy (non-hydrogen) atoms. The fourth-order valence-corrected chi connectivity index (χ4v) is 5.11. The molecule has 13 heteroatoms. The van der Waals surface area contributed by atoms with E-state index in [1.54, 1.807) is 24.3 Å². The SMILES string of the molecule is [2H][C@](Nc1cc(Cl)c2ncc(C#N)c(N[C@H](CCC#N)c3ccccc3)c2c1)(C1=CN(C(F)(F)CO)NN1)c1cccc(C#N)c1. The van der Waals surface area contributed by atoms with E-state index in [9.17, 15) is 31.0 Å². The number of aliphatic hydroxyl groups is 1. The molecule has 0 amide bonds. The van der Waals surface area contributed by atoms with Gasteiger partial charge in [0.05, 0.1) is 58.6 Å². The monoisotopic (exact) mass is 626 g/mol. The largest absolute Gasteiger partial charge is 0.388 e. The fraction of sp³-hybridized carbons (Fsp3) is 0.188. The van der Waals surface area contributed by atoms with Gasteiger partial charge in [0.2, 0.25) is 0 Å². The zero-order valence-corrected chi connectivity index (χ0v) is 24.3. The molecule has 10 nitrogen and oxygen atoms in total. The van der Waals surface area contributed by atoms with Gasteiger partial charge in [-0.3, -0.25) is 4.98 Å². The Morgan fingerprint density at radius 2 is 1.82 bits per heavy atom. The van der Waals surface area contributed by atoms with E-state index in [4.69, 9.17) is 11.6 Å². The molecule has 2 atom stereocenters. The molecule has 0 bridgehead atoms. The number of benzene rings is 3. The lowest BCUT2D eigenvalue weighted by atomic mass is 9.99. The van der Waals surface area contributed by atoms with Crippen LogP contribution < -0.4 is 21.6 Å². The van der Waals surface area contributed by atoms with Crippen LogP contribution in [0.1, 0.15) is 48.5 Å². The summed E-state index contributed by atoms with van der Waals surface area (Å²) in [6, 6.07) is 19.0. The number of anilines is 2. The second kappa shape index (κ2) is 13.5. The van der Waals surface area contributed by atoms with Crippen LogP contribution in [0, 0.1) is 34.0 Å². The van der Waals surface area contributed by atoms with Gasteiger partial charge in [-0.25, -0.2) is 5.01 Å². The van der Waals surface area contributed by atoms with Crippen LogP contribution in [-0.2, 0) is 0 Å². The number of alkyl halides is 2. The minimum atomic E-state index is -3.70. The minimum Gasteiger partial charge on any atom is -0.388 e. The molecule has 5 rings (SSSR count). The zero-order chi connectivity index (χ0) is 32.9. The summed E-state index contributed by atoms with van der Waals surface area (Å²) >= 11 is 6.71. The molecular formula is C32H26ClF2N9O. The number of aromatic nitrogens is 1.